The predicted molar refractivity (Wildman–Crippen MR) is 130 cm³/mol. The van der Waals surface area contributed by atoms with E-state index in [1.807, 2.05) is 24.3 Å². The van der Waals surface area contributed by atoms with Gasteiger partial charge in [0.2, 0.25) is 0 Å². The van der Waals surface area contributed by atoms with Crippen molar-refractivity contribution in [2.45, 2.75) is 9.79 Å². The van der Waals surface area contributed by atoms with Gasteiger partial charge in [-0.3, -0.25) is 19.5 Å². The van der Waals surface area contributed by atoms with Gasteiger partial charge in [0.25, 0.3) is 11.8 Å². The van der Waals surface area contributed by atoms with Crippen LogP contribution in [0.25, 0.3) is 0 Å². The fourth-order valence-electron chi connectivity index (χ4n) is 3.32. The van der Waals surface area contributed by atoms with Gasteiger partial charge in [-0.15, -0.1) is 11.8 Å². The second-order valence-electron chi connectivity index (χ2n) is 7.23. The Morgan fingerprint density at radius 1 is 1.25 bits per heavy atom. The van der Waals surface area contributed by atoms with Crippen molar-refractivity contribution < 1.29 is 14.3 Å². The highest BCUT2D eigenvalue weighted by molar-refractivity contribution is 8.03. The Labute approximate surface area is 195 Å². The summed E-state index contributed by atoms with van der Waals surface area (Å²) in [6.07, 6.45) is 1.68. The molecule has 9 heteroatoms. The smallest absolute Gasteiger partial charge is 0.256 e. The molecule has 2 aliphatic heterocycles. The first-order valence-corrected chi connectivity index (χ1v) is 12.0. The number of benzene rings is 2. The number of aliphatic imine (C=N–C) groups is 1. The van der Waals surface area contributed by atoms with Crippen LogP contribution in [0.2, 0.25) is 0 Å². The van der Waals surface area contributed by atoms with Crippen LogP contribution in [0.15, 0.2) is 68.4 Å². The predicted octanol–water partition coefficient (Wildman–Crippen LogP) is 3.70. The minimum absolute atomic E-state index is 0.175. The molecule has 0 bridgehead atoms. The Kier molecular flexibility index (Phi) is 7.64. The number of ether oxygens (including phenoxy) is 1. The lowest BCUT2D eigenvalue weighted by molar-refractivity contribution is 0.0474. The highest BCUT2D eigenvalue weighted by atomic mass is 32.2. The number of thioether (sulfide) groups is 1. The van der Waals surface area contributed by atoms with E-state index >= 15 is 0 Å². The minimum atomic E-state index is -0.212. The molecule has 1 saturated heterocycles. The van der Waals surface area contributed by atoms with Crippen LogP contribution in [0.4, 0.5) is 5.69 Å². The van der Waals surface area contributed by atoms with Gasteiger partial charge in [0.05, 0.1) is 31.0 Å². The van der Waals surface area contributed by atoms with Crippen LogP contribution >= 0.6 is 23.5 Å². The molecule has 2 aliphatic rings. The molecule has 0 atom stereocenters. The monoisotopic (exact) mass is 468 g/mol. The number of morpholine rings is 1. The van der Waals surface area contributed by atoms with Crippen molar-refractivity contribution in [1.82, 2.24) is 10.2 Å². The first kappa shape index (κ1) is 22.6. The summed E-state index contributed by atoms with van der Waals surface area (Å²) in [7, 11) is 0. The number of anilines is 1. The zero-order valence-electron chi connectivity index (χ0n) is 17.5. The summed E-state index contributed by atoms with van der Waals surface area (Å²) in [6.45, 7) is 7.18. The number of rotatable bonds is 7. The van der Waals surface area contributed by atoms with Gasteiger partial charge in [0.15, 0.2) is 0 Å². The maximum Gasteiger partial charge on any atom is 0.256 e. The Balaban J connectivity index is 1.39. The minimum Gasteiger partial charge on any atom is -0.379 e. The third kappa shape index (κ3) is 5.60. The van der Waals surface area contributed by atoms with E-state index in [-0.39, 0.29) is 11.8 Å². The van der Waals surface area contributed by atoms with Crippen LogP contribution in [-0.4, -0.2) is 62.2 Å². The van der Waals surface area contributed by atoms with Crippen LogP contribution in [0.5, 0.6) is 0 Å². The van der Waals surface area contributed by atoms with Gasteiger partial charge in [-0.1, -0.05) is 23.9 Å². The molecule has 0 spiro atoms. The molecule has 0 aliphatic carbocycles. The van der Waals surface area contributed by atoms with Gasteiger partial charge in [-0.25, -0.2) is 0 Å². The summed E-state index contributed by atoms with van der Waals surface area (Å²) in [5, 5.41) is 5.87. The first-order valence-electron chi connectivity index (χ1n) is 10.2. The number of hydrogen-bond acceptors (Lipinski definition) is 7. The van der Waals surface area contributed by atoms with E-state index in [9.17, 15) is 9.59 Å². The van der Waals surface area contributed by atoms with E-state index in [4.69, 9.17) is 4.74 Å². The van der Waals surface area contributed by atoms with E-state index in [2.05, 4.69) is 27.2 Å². The van der Waals surface area contributed by atoms with Crippen LogP contribution in [-0.2, 0) is 4.74 Å². The van der Waals surface area contributed by atoms with Crippen molar-refractivity contribution in [3.8, 4) is 0 Å². The lowest BCUT2D eigenvalue weighted by atomic mass is 10.1. The fraction of sp³-hybridized carbons (Fsp3) is 0.261. The van der Waals surface area contributed by atoms with Gasteiger partial charge >= 0.3 is 0 Å². The molecule has 32 heavy (non-hydrogen) atoms. The summed E-state index contributed by atoms with van der Waals surface area (Å²) in [5.41, 5.74) is 1.75. The molecule has 0 unspecified atom stereocenters. The molecule has 2 N–H and O–H groups in total. The molecular formula is C23H24N4O3S2. The normalized spacial score (nSPS) is 16.4. The molecule has 2 heterocycles. The molecule has 0 aromatic heterocycles. The van der Waals surface area contributed by atoms with Crippen molar-refractivity contribution in [3.63, 3.8) is 0 Å². The molecular weight excluding hydrogens is 444 g/mol. The summed E-state index contributed by atoms with van der Waals surface area (Å²) >= 11 is 3.14. The molecule has 166 valence electrons. The van der Waals surface area contributed by atoms with Crippen molar-refractivity contribution >= 4 is 47.7 Å². The standard InChI is InChI=1S/C23H24N4O3S2/c1-24-13-17(31-15-27-8-10-30-11-9-27)14-25-22(28)16-6-7-21-19(12-16)26-23(29)18-4-2-3-5-20(18)32-21/h2-7,12-13H,1,8-11,14-15H2,(H,25,28)(H,26,29)/b17-13-. The second-order valence-corrected chi connectivity index (χ2v) is 9.38. The highest BCUT2D eigenvalue weighted by Crippen LogP contribution is 2.39. The maximum absolute atomic E-state index is 12.8. The largest absolute Gasteiger partial charge is 0.379 e. The summed E-state index contributed by atoms with van der Waals surface area (Å²) < 4.78 is 5.38. The highest BCUT2D eigenvalue weighted by Gasteiger charge is 2.21. The van der Waals surface area contributed by atoms with Gasteiger partial charge in [-0.05, 0) is 37.0 Å². The zero-order valence-corrected chi connectivity index (χ0v) is 19.1. The second kappa shape index (κ2) is 10.8. The topological polar surface area (TPSA) is 83.0 Å². The van der Waals surface area contributed by atoms with Crippen LogP contribution < -0.4 is 10.6 Å². The number of carbonyl (C=O) groups excluding carboxylic acids is 2. The molecule has 4 rings (SSSR count). The average molecular weight is 469 g/mol. The van der Waals surface area contributed by atoms with Crippen molar-refractivity contribution in [1.29, 1.82) is 0 Å². The van der Waals surface area contributed by atoms with Crippen LogP contribution in [0.1, 0.15) is 20.7 Å². The molecule has 0 radical (unpaired) electrons. The lowest BCUT2D eigenvalue weighted by Gasteiger charge is -2.26. The van der Waals surface area contributed by atoms with E-state index in [1.54, 1.807) is 36.2 Å². The number of fused-ring (bicyclic) bond motifs is 2. The van der Waals surface area contributed by atoms with Crippen molar-refractivity contribution in [2.24, 2.45) is 4.99 Å². The molecule has 2 aromatic rings. The molecule has 1 fully saturated rings. The van der Waals surface area contributed by atoms with E-state index in [0.29, 0.717) is 23.4 Å². The van der Waals surface area contributed by atoms with Crippen molar-refractivity contribution in [2.75, 3.05) is 44.0 Å². The quantitative estimate of drug-likeness (QED) is 0.603. The van der Waals surface area contributed by atoms with Gasteiger partial charge in [-0.2, -0.15) is 0 Å². The summed E-state index contributed by atoms with van der Waals surface area (Å²) in [4.78, 5) is 34.3. The Hall–Kier alpha value is -2.59. The Morgan fingerprint density at radius 2 is 2.06 bits per heavy atom. The molecule has 7 nitrogen and oxygen atoms in total. The Morgan fingerprint density at radius 3 is 2.88 bits per heavy atom. The number of nitrogens with zero attached hydrogens (tertiary/aromatic N) is 2. The molecule has 2 aromatic carbocycles. The number of hydrogen-bond donors (Lipinski definition) is 2. The van der Waals surface area contributed by atoms with Gasteiger partial charge in [0.1, 0.15) is 0 Å². The summed E-state index contributed by atoms with van der Waals surface area (Å²) in [5.74, 6) is 0.422. The zero-order chi connectivity index (χ0) is 22.3. The number of amides is 2. The summed E-state index contributed by atoms with van der Waals surface area (Å²) in [6, 6.07) is 12.8. The first-order chi connectivity index (χ1) is 15.6. The number of nitrogens with one attached hydrogen (secondary N) is 2. The SMILES string of the molecule is C=N/C=C(/CNC(=O)c1ccc2c(c1)NC(=O)c1ccccc1S2)SCN1CCOCC1. The third-order valence-corrected chi connectivity index (χ3v) is 7.30. The van der Waals surface area contributed by atoms with E-state index < -0.39 is 0 Å². The fourth-order valence-corrected chi connectivity index (χ4v) is 5.26. The lowest BCUT2D eigenvalue weighted by Crippen LogP contribution is -2.36. The van der Waals surface area contributed by atoms with E-state index in [0.717, 1.165) is 46.9 Å². The van der Waals surface area contributed by atoms with E-state index in [1.165, 1.54) is 11.8 Å². The third-order valence-electron chi connectivity index (χ3n) is 5.04. The molecule has 2 amide bonds. The van der Waals surface area contributed by atoms with Crippen molar-refractivity contribution in [3.05, 3.63) is 64.7 Å². The Bertz CT molecular complexity index is 1050. The van der Waals surface area contributed by atoms with Gasteiger partial charge < -0.3 is 15.4 Å². The van der Waals surface area contributed by atoms with Gasteiger partial charge in [0, 0.05) is 45.4 Å². The van der Waals surface area contributed by atoms with Crippen LogP contribution in [0.3, 0.4) is 0 Å². The maximum atomic E-state index is 12.8. The average Bonchev–Trinajstić information content (AvgIpc) is 2.96. The number of carbonyl (C=O) groups is 2. The molecule has 0 saturated carbocycles. The van der Waals surface area contributed by atoms with Crippen LogP contribution in [0, 0.1) is 0 Å².